The van der Waals surface area contributed by atoms with E-state index >= 15 is 0 Å². The van der Waals surface area contributed by atoms with Crippen molar-refractivity contribution in [1.29, 1.82) is 0 Å². The lowest BCUT2D eigenvalue weighted by Gasteiger charge is -2.25. The summed E-state index contributed by atoms with van der Waals surface area (Å²) >= 11 is 6.05. The summed E-state index contributed by atoms with van der Waals surface area (Å²) in [6.07, 6.45) is 0.463. The summed E-state index contributed by atoms with van der Waals surface area (Å²) in [5.74, 6) is 0.312. The van der Waals surface area contributed by atoms with Crippen molar-refractivity contribution in [2.75, 3.05) is 7.11 Å². The molecule has 1 heterocycles. The second-order valence-corrected chi connectivity index (χ2v) is 6.34. The Morgan fingerprint density at radius 3 is 2.52 bits per heavy atom. The zero-order valence-corrected chi connectivity index (χ0v) is 14.8. The van der Waals surface area contributed by atoms with Crippen LogP contribution in [-0.2, 0) is 16.9 Å². The van der Waals surface area contributed by atoms with Gasteiger partial charge in [-0.25, -0.2) is 4.79 Å². The van der Waals surface area contributed by atoms with Crippen molar-refractivity contribution < 1.29 is 14.3 Å². The molecule has 0 aromatic heterocycles. The largest absolute Gasteiger partial charge is 0.496 e. The first kappa shape index (κ1) is 17.3. The molecule has 1 atom stereocenters. The molecule has 5 nitrogen and oxygen atoms in total. The minimum atomic E-state index is -1.04. The number of carbonyl (C=O) groups is 2. The third-order valence-corrected chi connectivity index (χ3v) is 4.78. The highest BCUT2D eigenvalue weighted by Gasteiger charge is 2.51. The lowest BCUT2D eigenvalue weighted by molar-refractivity contribution is -0.132. The number of amides is 3. The highest BCUT2D eigenvalue weighted by Crippen LogP contribution is 2.34. The van der Waals surface area contributed by atoms with E-state index in [1.165, 1.54) is 4.90 Å². The van der Waals surface area contributed by atoms with E-state index < -0.39 is 11.6 Å². The van der Waals surface area contributed by atoms with Gasteiger partial charge in [0, 0.05) is 10.6 Å². The number of benzene rings is 2. The smallest absolute Gasteiger partial charge is 0.325 e. The van der Waals surface area contributed by atoms with Crippen molar-refractivity contribution in [2.24, 2.45) is 0 Å². The van der Waals surface area contributed by atoms with Crippen LogP contribution in [0.15, 0.2) is 48.5 Å². The Labute approximate surface area is 151 Å². The second-order valence-electron chi connectivity index (χ2n) is 5.90. The average Bonchev–Trinajstić information content (AvgIpc) is 2.88. The minimum Gasteiger partial charge on any atom is -0.496 e. The molecule has 1 fully saturated rings. The van der Waals surface area contributed by atoms with E-state index in [1.807, 2.05) is 37.3 Å². The summed E-state index contributed by atoms with van der Waals surface area (Å²) in [6.45, 7) is 1.98. The molecule has 0 spiro atoms. The van der Waals surface area contributed by atoms with Crippen molar-refractivity contribution in [3.8, 4) is 5.75 Å². The molecule has 25 heavy (non-hydrogen) atoms. The molecule has 2 aromatic rings. The maximum Gasteiger partial charge on any atom is 0.325 e. The highest BCUT2D eigenvalue weighted by molar-refractivity contribution is 6.30. The summed E-state index contributed by atoms with van der Waals surface area (Å²) in [4.78, 5) is 26.9. The topological polar surface area (TPSA) is 58.6 Å². The van der Waals surface area contributed by atoms with E-state index in [0.717, 1.165) is 5.56 Å². The summed E-state index contributed by atoms with van der Waals surface area (Å²) in [5, 5.41) is 3.39. The third-order valence-electron chi connectivity index (χ3n) is 4.54. The number of ether oxygens (including phenoxy) is 1. The van der Waals surface area contributed by atoms with Crippen LogP contribution in [0.5, 0.6) is 5.75 Å². The number of rotatable bonds is 5. The van der Waals surface area contributed by atoms with Crippen LogP contribution in [0.4, 0.5) is 4.79 Å². The Morgan fingerprint density at radius 2 is 1.88 bits per heavy atom. The van der Waals surface area contributed by atoms with E-state index in [2.05, 4.69) is 5.32 Å². The molecular weight excluding hydrogens is 340 g/mol. The predicted octanol–water partition coefficient (Wildman–Crippen LogP) is 3.71. The summed E-state index contributed by atoms with van der Waals surface area (Å²) in [6, 6.07) is 14.0. The van der Waals surface area contributed by atoms with Crippen LogP contribution in [0.3, 0.4) is 0 Å². The van der Waals surface area contributed by atoms with Crippen LogP contribution in [0.1, 0.15) is 24.5 Å². The molecule has 0 radical (unpaired) electrons. The minimum absolute atomic E-state index is 0.100. The van der Waals surface area contributed by atoms with Gasteiger partial charge in [-0.3, -0.25) is 9.69 Å². The highest BCUT2D eigenvalue weighted by atomic mass is 35.5. The average molecular weight is 359 g/mol. The Balaban J connectivity index is 1.96. The number of carbonyl (C=O) groups excluding carboxylic acids is 2. The summed E-state index contributed by atoms with van der Waals surface area (Å²) in [5.41, 5.74) is 0.416. The standard InChI is InChI=1S/C19H19ClN2O3/c1-3-19(14-7-5-4-6-8-14)17(23)22(18(24)21-19)12-13-11-15(20)9-10-16(13)25-2/h4-11H,3,12H2,1-2H3,(H,21,24)/t19-/m1/s1. The van der Waals surface area contributed by atoms with Gasteiger partial charge in [0.1, 0.15) is 11.3 Å². The van der Waals surface area contributed by atoms with Gasteiger partial charge in [0.05, 0.1) is 13.7 Å². The molecule has 2 aromatic carbocycles. The van der Waals surface area contributed by atoms with Crippen molar-refractivity contribution in [2.45, 2.75) is 25.4 Å². The fraction of sp³-hybridized carbons (Fsp3) is 0.263. The summed E-state index contributed by atoms with van der Waals surface area (Å²) < 4.78 is 5.32. The van der Waals surface area contributed by atoms with E-state index in [0.29, 0.717) is 22.8 Å². The molecule has 0 unspecified atom stereocenters. The second kappa shape index (κ2) is 6.76. The number of nitrogens with one attached hydrogen (secondary N) is 1. The molecule has 1 aliphatic heterocycles. The Hall–Kier alpha value is -2.53. The number of hydrogen-bond donors (Lipinski definition) is 1. The molecule has 3 rings (SSSR count). The molecule has 1 N–H and O–H groups in total. The van der Waals surface area contributed by atoms with E-state index in [4.69, 9.17) is 16.3 Å². The van der Waals surface area contributed by atoms with Crippen LogP contribution >= 0.6 is 11.6 Å². The van der Waals surface area contributed by atoms with Gasteiger partial charge in [0.15, 0.2) is 0 Å². The molecular formula is C19H19ClN2O3. The SMILES string of the molecule is CC[C@]1(c2ccccc2)NC(=O)N(Cc2cc(Cl)ccc2OC)C1=O. The number of halogens is 1. The number of hydrogen-bond acceptors (Lipinski definition) is 3. The molecule has 130 valence electrons. The van der Waals surface area contributed by atoms with Gasteiger partial charge in [0.25, 0.3) is 5.91 Å². The van der Waals surface area contributed by atoms with Crippen molar-refractivity contribution >= 4 is 23.5 Å². The van der Waals surface area contributed by atoms with Crippen molar-refractivity contribution in [1.82, 2.24) is 10.2 Å². The maximum absolute atomic E-state index is 13.1. The molecule has 1 saturated heterocycles. The normalized spacial score (nSPS) is 19.9. The molecule has 6 heteroatoms. The maximum atomic E-state index is 13.1. The fourth-order valence-electron chi connectivity index (χ4n) is 3.17. The van der Waals surface area contributed by atoms with Gasteiger partial charge in [-0.05, 0) is 30.2 Å². The molecule has 0 bridgehead atoms. The van der Waals surface area contributed by atoms with Crippen molar-refractivity contribution in [3.63, 3.8) is 0 Å². The Bertz CT molecular complexity index is 810. The quantitative estimate of drug-likeness (QED) is 0.829. The number of nitrogens with zero attached hydrogens (tertiary/aromatic N) is 1. The van der Waals surface area contributed by atoms with E-state index in [-0.39, 0.29) is 12.5 Å². The molecule has 0 saturated carbocycles. The van der Waals surface area contributed by atoms with Crippen LogP contribution in [-0.4, -0.2) is 23.9 Å². The molecule has 1 aliphatic rings. The van der Waals surface area contributed by atoms with E-state index in [9.17, 15) is 9.59 Å². The van der Waals surface area contributed by atoms with Crippen LogP contribution in [0.25, 0.3) is 0 Å². The van der Waals surface area contributed by atoms with Gasteiger partial charge in [-0.2, -0.15) is 0 Å². The monoisotopic (exact) mass is 358 g/mol. The van der Waals surface area contributed by atoms with Gasteiger partial charge in [0.2, 0.25) is 0 Å². The first-order valence-electron chi connectivity index (χ1n) is 8.04. The first-order valence-corrected chi connectivity index (χ1v) is 8.41. The van der Waals surface area contributed by atoms with Crippen LogP contribution < -0.4 is 10.1 Å². The molecule has 0 aliphatic carbocycles. The zero-order valence-electron chi connectivity index (χ0n) is 14.1. The van der Waals surface area contributed by atoms with Crippen LogP contribution in [0, 0.1) is 0 Å². The third kappa shape index (κ3) is 2.96. The van der Waals surface area contributed by atoms with Crippen LogP contribution in [0.2, 0.25) is 5.02 Å². The number of imide groups is 1. The predicted molar refractivity (Wildman–Crippen MR) is 95.5 cm³/mol. The van der Waals surface area contributed by atoms with Gasteiger partial charge >= 0.3 is 6.03 Å². The Morgan fingerprint density at radius 1 is 1.16 bits per heavy atom. The fourth-order valence-corrected chi connectivity index (χ4v) is 3.37. The first-order chi connectivity index (χ1) is 12.0. The number of urea groups is 1. The zero-order chi connectivity index (χ0) is 18.0. The van der Waals surface area contributed by atoms with Gasteiger partial charge < -0.3 is 10.1 Å². The van der Waals surface area contributed by atoms with Crippen molar-refractivity contribution in [3.05, 3.63) is 64.7 Å². The molecule has 3 amide bonds. The lowest BCUT2D eigenvalue weighted by Crippen LogP contribution is -2.43. The lowest BCUT2D eigenvalue weighted by atomic mass is 9.87. The van der Waals surface area contributed by atoms with Gasteiger partial charge in [-0.15, -0.1) is 0 Å². The number of methoxy groups -OCH3 is 1. The van der Waals surface area contributed by atoms with Gasteiger partial charge in [-0.1, -0.05) is 48.9 Å². The Kier molecular flexibility index (Phi) is 4.68. The van der Waals surface area contributed by atoms with E-state index in [1.54, 1.807) is 25.3 Å². The summed E-state index contributed by atoms with van der Waals surface area (Å²) in [7, 11) is 1.54.